The van der Waals surface area contributed by atoms with Gasteiger partial charge in [-0.1, -0.05) is 5.16 Å². The molecule has 6 rings (SSSR count). The topological polar surface area (TPSA) is 144 Å². The second-order valence-corrected chi connectivity index (χ2v) is 12.7. The summed E-state index contributed by atoms with van der Waals surface area (Å²) in [5.74, 6) is 1.51. The molecule has 0 spiro atoms. The Labute approximate surface area is 253 Å². The van der Waals surface area contributed by atoms with E-state index in [1.807, 2.05) is 6.07 Å². The monoisotopic (exact) mass is 632 g/mol. The number of halogens is 2. The number of nitrogens with one attached hydrogen (secondary N) is 3. The van der Waals surface area contributed by atoms with Crippen molar-refractivity contribution in [1.29, 1.82) is 0 Å². The molecule has 12 nitrogen and oxygen atoms in total. The molecule has 15 heteroatoms. The number of hydrogen-bond donors (Lipinski definition) is 3. The summed E-state index contributed by atoms with van der Waals surface area (Å²) in [5, 5.41) is 14.9. The van der Waals surface area contributed by atoms with Crippen molar-refractivity contribution in [3.63, 3.8) is 0 Å². The molecule has 236 valence electrons. The molecule has 3 heterocycles. The number of anilines is 3. The number of methoxy groups -OCH3 is 3. The number of piperidine rings is 1. The number of alkyl halides is 2. The highest BCUT2D eigenvalue weighted by atomic mass is 32.2. The van der Waals surface area contributed by atoms with Crippen LogP contribution in [-0.4, -0.2) is 76.1 Å². The van der Waals surface area contributed by atoms with Gasteiger partial charge in [0.25, 0.3) is 16.4 Å². The van der Waals surface area contributed by atoms with Crippen LogP contribution >= 0.6 is 0 Å². The maximum atomic E-state index is 13.8. The number of nitrogens with zero attached hydrogens (tertiary/aromatic N) is 3. The van der Waals surface area contributed by atoms with Crippen molar-refractivity contribution in [2.75, 3.05) is 51.0 Å². The van der Waals surface area contributed by atoms with Gasteiger partial charge in [-0.25, -0.2) is 17.2 Å². The van der Waals surface area contributed by atoms with E-state index in [2.05, 4.69) is 25.4 Å². The normalized spacial score (nSPS) is 17.6. The zero-order valence-corrected chi connectivity index (χ0v) is 25.3. The van der Waals surface area contributed by atoms with E-state index in [1.54, 1.807) is 29.2 Å². The number of aromatic amines is 1. The SMILES string of the molecule is COc1cc2c(NS(=O)(=O)c3c(OC)cc([C@@H]4CCCN(CC(F)F)C4)cc3OC)noc2cc1Nc1cc(C2CC2)[nH]n1. The summed E-state index contributed by atoms with van der Waals surface area (Å²) in [7, 11) is -0.0936. The quantitative estimate of drug-likeness (QED) is 0.185. The van der Waals surface area contributed by atoms with E-state index in [1.165, 1.54) is 21.3 Å². The maximum absolute atomic E-state index is 13.8. The predicted molar refractivity (Wildman–Crippen MR) is 159 cm³/mol. The van der Waals surface area contributed by atoms with Crippen LogP contribution in [0.1, 0.15) is 48.8 Å². The van der Waals surface area contributed by atoms with Crippen LogP contribution in [0.5, 0.6) is 17.2 Å². The summed E-state index contributed by atoms with van der Waals surface area (Å²) in [6.45, 7) is 0.704. The van der Waals surface area contributed by atoms with Gasteiger partial charge < -0.3 is 24.1 Å². The van der Waals surface area contributed by atoms with Crippen LogP contribution < -0.4 is 24.2 Å². The molecule has 0 unspecified atom stereocenters. The molecular weight excluding hydrogens is 598 g/mol. The van der Waals surface area contributed by atoms with E-state index in [0.29, 0.717) is 47.2 Å². The highest BCUT2D eigenvalue weighted by Crippen LogP contribution is 2.42. The number of hydrogen-bond acceptors (Lipinski definition) is 10. The lowest BCUT2D eigenvalue weighted by Crippen LogP contribution is -2.37. The Bertz CT molecular complexity index is 1730. The number of aromatic nitrogens is 3. The van der Waals surface area contributed by atoms with Crippen LogP contribution in [0, 0.1) is 0 Å². The molecule has 1 atom stereocenters. The largest absolute Gasteiger partial charge is 0.495 e. The number of sulfonamides is 1. The molecule has 4 aromatic rings. The van der Waals surface area contributed by atoms with E-state index in [-0.39, 0.29) is 34.7 Å². The molecule has 1 aliphatic carbocycles. The Balaban J connectivity index is 1.28. The molecule has 1 saturated carbocycles. The smallest absolute Gasteiger partial charge is 0.270 e. The summed E-state index contributed by atoms with van der Waals surface area (Å²) in [6.07, 6.45) is 1.36. The van der Waals surface area contributed by atoms with Gasteiger partial charge in [-0.3, -0.25) is 14.7 Å². The molecule has 2 aliphatic rings. The fraction of sp³-hybridized carbons (Fsp3) is 0.448. The Morgan fingerprint density at radius 3 is 2.41 bits per heavy atom. The summed E-state index contributed by atoms with van der Waals surface area (Å²) >= 11 is 0. The molecule has 0 amide bonds. The third-order valence-corrected chi connectivity index (χ3v) is 9.43. The number of ether oxygens (including phenoxy) is 3. The Morgan fingerprint density at radius 2 is 1.75 bits per heavy atom. The molecule has 2 aromatic heterocycles. The Hall–Kier alpha value is -4.11. The molecular formula is C29H34F2N6O6S. The van der Waals surface area contributed by atoms with Crippen molar-refractivity contribution in [1.82, 2.24) is 20.3 Å². The molecule has 0 bridgehead atoms. The van der Waals surface area contributed by atoms with Crippen molar-refractivity contribution in [3.8, 4) is 17.2 Å². The van der Waals surface area contributed by atoms with E-state index in [0.717, 1.165) is 36.9 Å². The van der Waals surface area contributed by atoms with Crippen molar-refractivity contribution in [2.45, 2.75) is 48.8 Å². The lowest BCUT2D eigenvalue weighted by atomic mass is 9.90. The van der Waals surface area contributed by atoms with Crippen molar-refractivity contribution in [2.24, 2.45) is 0 Å². The lowest BCUT2D eigenvalue weighted by molar-refractivity contribution is 0.0738. The number of rotatable bonds is 12. The van der Waals surface area contributed by atoms with Crippen molar-refractivity contribution in [3.05, 3.63) is 41.6 Å². The van der Waals surface area contributed by atoms with Gasteiger partial charge in [-0.2, -0.15) is 5.10 Å². The van der Waals surface area contributed by atoms with Crippen molar-refractivity contribution < 1.29 is 35.9 Å². The fourth-order valence-corrected chi connectivity index (χ4v) is 7.03. The maximum Gasteiger partial charge on any atom is 0.270 e. The standard InChI is InChI=1S/C29H34F2N6O6S/c1-40-23-11-19-22(12-21(23)32-27-13-20(33-34-27)16-6-7-16)43-35-29(19)36-44(38,39)28-24(41-2)9-18(10-25(28)42-3)17-5-4-8-37(14-17)15-26(30)31/h9-13,16-17,26H,4-8,14-15H2,1-3H3,(H,35,36)(H2,32,33,34)/t17-/m1/s1. The Morgan fingerprint density at radius 1 is 1.02 bits per heavy atom. The van der Waals surface area contributed by atoms with E-state index in [9.17, 15) is 17.2 Å². The molecule has 1 saturated heterocycles. The molecule has 2 aromatic carbocycles. The summed E-state index contributed by atoms with van der Waals surface area (Å²) in [5.41, 5.74) is 2.68. The minimum atomic E-state index is -4.31. The van der Waals surface area contributed by atoms with Crippen molar-refractivity contribution >= 4 is 38.3 Å². The zero-order chi connectivity index (χ0) is 31.0. The minimum absolute atomic E-state index is 0.0521. The van der Waals surface area contributed by atoms with Crippen LogP contribution in [0.15, 0.2) is 39.8 Å². The first-order valence-corrected chi connectivity index (χ1v) is 15.8. The summed E-state index contributed by atoms with van der Waals surface area (Å²) in [6, 6.07) is 8.47. The first-order chi connectivity index (χ1) is 21.2. The van der Waals surface area contributed by atoms with Gasteiger partial charge in [-0.15, -0.1) is 0 Å². The average Bonchev–Trinajstić information content (AvgIpc) is 3.64. The number of fused-ring (bicyclic) bond motifs is 1. The van der Waals surface area contributed by atoms with Gasteiger partial charge >= 0.3 is 0 Å². The van der Waals surface area contributed by atoms with Crippen LogP contribution in [-0.2, 0) is 10.0 Å². The van der Waals surface area contributed by atoms with Gasteiger partial charge in [0.1, 0.15) is 17.2 Å². The number of likely N-dealkylation sites (tertiary alicyclic amines) is 1. The van der Waals surface area contributed by atoms with Crippen LogP contribution in [0.2, 0.25) is 0 Å². The average molecular weight is 633 g/mol. The predicted octanol–water partition coefficient (Wildman–Crippen LogP) is 5.44. The molecule has 0 radical (unpaired) electrons. The Kier molecular flexibility index (Phi) is 8.24. The van der Waals surface area contributed by atoms with E-state index in [4.69, 9.17) is 18.7 Å². The van der Waals surface area contributed by atoms with Gasteiger partial charge in [0.05, 0.1) is 38.9 Å². The number of H-pyrrole nitrogens is 1. The lowest BCUT2D eigenvalue weighted by Gasteiger charge is -2.33. The van der Waals surface area contributed by atoms with Gasteiger partial charge in [-0.05, 0) is 61.9 Å². The van der Waals surface area contributed by atoms with Crippen LogP contribution in [0.4, 0.5) is 26.1 Å². The first-order valence-electron chi connectivity index (χ1n) is 14.3. The first kappa shape index (κ1) is 29.9. The third-order valence-electron chi connectivity index (χ3n) is 8.03. The van der Waals surface area contributed by atoms with Crippen LogP contribution in [0.25, 0.3) is 11.0 Å². The fourth-order valence-electron chi connectivity index (χ4n) is 5.71. The second kappa shape index (κ2) is 12.1. The highest BCUT2D eigenvalue weighted by Gasteiger charge is 2.31. The number of benzene rings is 2. The molecule has 44 heavy (non-hydrogen) atoms. The van der Waals surface area contributed by atoms with E-state index >= 15 is 0 Å². The third kappa shape index (κ3) is 6.11. The zero-order valence-electron chi connectivity index (χ0n) is 24.5. The minimum Gasteiger partial charge on any atom is -0.495 e. The molecule has 3 N–H and O–H groups in total. The molecule has 1 aliphatic heterocycles. The van der Waals surface area contributed by atoms with Gasteiger partial charge in [0, 0.05) is 30.3 Å². The van der Waals surface area contributed by atoms with Gasteiger partial charge in [0.15, 0.2) is 22.1 Å². The van der Waals surface area contributed by atoms with Crippen LogP contribution in [0.3, 0.4) is 0 Å². The highest BCUT2D eigenvalue weighted by molar-refractivity contribution is 7.93. The summed E-state index contributed by atoms with van der Waals surface area (Å²) in [4.78, 5) is 1.49. The molecule has 2 fully saturated rings. The summed E-state index contributed by atoms with van der Waals surface area (Å²) < 4.78 is 78.2. The van der Waals surface area contributed by atoms with Gasteiger partial charge in [0.2, 0.25) is 0 Å². The second-order valence-electron chi connectivity index (χ2n) is 11.0. The van der Waals surface area contributed by atoms with E-state index < -0.39 is 16.4 Å².